The van der Waals surface area contributed by atoms with Gasteiger partial charge in [0.2, 0.25) is 0 Å². The van der Waals surface area contributed by atoms with Gasteiger partial charge in [-0.05, 0) is 165 Å². The molecule has 8 heterocycles. The minimum Gasteiger partial charge on any atom is -0.505 e. The molecule has 0 saturated heterocycles. The highest BCUT2D eigenvalue weighted by Crippen LogP contribution is 2.43. The van der Waals surface area contributed by atoms with E-state index in [1.54, 1.807) is 151 Å². The van der Waals surface area contributed by atoms with Crippen LogP contribution in [0.4, 0.5) is 8.78 Å². The van der Waals surface area contributed by atoms with Crippen molar-refractivity contribution >= 4 is 135 Å². The van der Waals surface area contributed by atoms with E-state index in [1.165, 1.54) is 45.5 Å². The summed E-state index contributed by atoms with van der Waals surface area (Å²) in [5.41, 5.74) is 2.40. The molecule has 0 radical (unpaired) electrons. The Morgan fingerprint density at radius 3 is 1.19 bits per heavy atom. The van der Waals surface area contributed by atoms with Gasteiger partial charge in [0, 0.05) is 58.0 Å². The van der Waals surface area contributed by atoms with Crippen LogP contribution in [0.2, 0.25) is 5.02 Å². The van der Waals surface area contributed by atoms with E-state index in [1.807, 2.05) is 159 Å². The van der Waals surface area contributed by atoms with Crippen molar-refractivity contribution in [1.29, 1.82) is 0 Å². The van der Waals surface area contributed by atoms with Crippen molar-refractivity contribution in [2.24, 2.45) is 0 Å². The van der Waals surface area contributed by atoms with E-state index in [0.717, 1.165) is 84.0 Å². The van der Waals surface area contributed by atoms with Gasteiger partial charge in [0.1, 0.15) is 69.8 Å². The van der Waals surface area contributed by atoms with Gasteiger partial charge in [0.15, 0.2) is 39.7 Å². The summed E-state index contributed by atoms with van der Waals surface area (Å²) < 4.78 is 66.9. The maximum atomic E-state index is 14.1. The molecule has 0 aliphatic rings. The number of fused-ring (bicyclic) bond motifs is 10. The zero-order valence-electron chi connectivity index (χ0n) is 71.1. The van der Waals surface area contributed by atoms with Crippen LogP contribution in [0.3, 0.4) is 0 Å². The molecule has 22 nitrogen and oxygen atoms in total. The largest absolute Gasteiger partial charge is 0.505 e. The van der Waals surface area contributed by atoms with Crippen molar-refractivity contribution < 1.29 is 56.3 Å². The molecule has 0 fully saturated rings. The maximum Gasteiger partial charge on any atom is 0.354 e. The smallest absolute Gasteiger partial charge is 0.354 e. The number of rotatable bonds is 18. The number of aromatic nitrogens is 4. The molecule has 0 aliphatic carbocycles. The van der Waals surface area contributed by atoms with E-state index in [4.69, 9.17) is 38.7 Å². The molecule has 134 heavy (non-hydrogen) atoms. The van der Waals surface area contributed by atoms with Gasteiger partial charge in [-0.1, -0.05) is 234 Å². The highest BCUT2D eigenvalue weighted by atomic mass is 35.5. The first-order valence-corrected chi connectivity index (χ1v) is 44.9. The lowest BCUT2D eigenvalue weighted by molar-refractivity contribution is 0.408. The van der Waals surface area contributed by atoms with Gasteiger partial charge in [0.25, 0.3) is 22.2 Å². The predicted molar refractivity (Wildman–Crippen MR) is 519 cm³/mol. The van der Waals surface area contributed by atoms with Crippen LogP contribution in [-0.4, -0.2) is 52.9 Å². The van der Waals surface area contributed by atoms with Crippen molar-refractivity contribution in [3.63, 3.8) is 0 Å². The Morgan fingerprint density at radius 1 is 0.343 bits per heavy atom. The quantitative estimate of drug-likeness (QED) is 0.0580. The lowest BCUT2D eigenvalue weighted by atomic mass is 10.1. The minimum absolute atomic E-state index is 0.0191. The van der Waals surface area contributed by atoms with Crippen LogP contribution in [0.1, 0.15) is 27.8 Å². The molecule has 4 N–H and O–H groups in total. The number of hydrogen-bond acceptors (Lipinski definition) is 22. The Bertz CT molecular complexity index is 8550. The highest BCUT2D eigenvalue weighted by molar-refractivity contribution is 8.00. The summed E-state index contributed by atoms with van der Waals surface area (Å²) in [7, 11) is 3.16. The van der Waals surface area contributed by atoms with Gasteiger partial charge in [-0.3, -0.25) is 23.7 Å². The van der Waals surface area contributed by atoms with Gasteiger partial charge < -0.3 is 61.3 Å². The average Bonchev–Trinajstić information content (AvgIpc) is 0.770. The third kappa shape index (κ3) is 18.5. The van der Waals surface area contributed by atoms with E-state index >= 15 is 0 Å². The Labute approximate surface area is 779 Å². The van der Waals surface area contributed by atoms with Crippen LogP contribution in [-0.2, 0) is 19.6 Å². The van der Waals surface area contributed by atoms with Crippen LogP contribution in [0.5, 0.6) is 34.5 Å². The normalized spacial score (nSPS) is 11.2. The van der Waals surface area contributed by atoms with Crippen LogP contribution in [0.25, 0.3) is 93.5 Å². The Kier molecular flexibility index (Phi) is 26.4. The molecule has 0 saturated carbocycles. The molecule has 29 heteroatoms. The van der Waals surface area contributed by atoms with Gasteiger partial charge in [0.05, 0.1) is 61.8 Å². The molecule has 20 rings (SSSR count). The second-order valence-electron chi connectivity index (χ2n) is 30.4. The average molecular weight is 1880 g/mol. The number of benzene rings is 12. The molecular weight excluding hydrogens is 1810 g/mol. The fourth-order valence-electron chi connectivity index (χ4n) is 15.5. The van der Waals surface area contributed by atoms with Crippen molar-refractivity contribution in [3.05, 3.63) is 437 Å². The molecule has 8 aromatic heterocycles. The third-order valence-electron chi connectivity index (χ3n) is 21.7. The van der Waals surface area contributed by atoms with Crippen molar-refractivity contribution in [3.8, 4) is 51.4 Å². The second-order valence-corrected chi connectivity index (χ2v) is 35.2. The standard InChI is InChI=1S/C27H21NO5S.C26H15ClFNO4S.C26H18FNO4S.C26H19NO5S/c1-16-8-7-10-18(14-16)34-25-23(29)22-24(33-27(25)31)19-11-4-5-12-20(19)28(26(22)30)15-17-9-3-6-13-21(17)32-2;27-16-9-11-19(12-10-16)34-24-23(30)22-21(33-26(24)32)14-20(15-5-2-1-3-6-15)29(25(22)31)18-8-4-7-17(28)13-18;1-15-9-11-18(12-10-15)33-24-22(29)21-23(32-26(24)31)19-7-2-3-8-20(19)28(25(21)30)14-16-5-4-6-17(27)13-16;1-31-20-14-8-5-9-16(20)15-27-19-13-7-6-12-18(19)23-21(25(27)29)22(28)24(26(30)32-23)33-17-10-3-2-4-11-17/h3-14,29H,15H2,1-2H3;1-14,30H;2-13,29H,14H2,1H3;2-14,28H,15H2,1H3. The molecule has 0 bridgehead atoms. The topological polar surface area (TPSA) is 308 Å². The summed E-state index contributed by atoms with van der Waals surface area (Å²) in [6.07, 6.45) is 0. The van der Waals surface area contributed by atoms with Crippen LogP contribution in [0, 0.1) is 25.5 Å². The lowest BCUT2D eigenvalue weighted by Gasteiger charge is -2.15. The van der Waals surface area contributed by atoms with E-state index in [-0.39, 0.29) is 100 Å². The first-order chi connectivity index (χ1) is 64.9. The Morgan fingerprint density at radius 2 is 0.724 bits per heavy atom. The number of pyridine rings is 4. The van der Waals surface area contributed by atoms with Crippen LogP contribution in [0.15, 0.2) is 405 Å². The SMILES string of the molecule is COc1ccccc1Cn1c(=O)c2c(O)c(Sc3cccc(C)c3)c(=O)oc2c2ccccc21.COc1ccccc1Cn1c(=O)c2c(O)c(Sc3ccccc3)c(=O)oc2c2ccccc21.Cc1ccc(Sc2c(O)c3c(=O)n(Cc4cccc(F)c4)c4ccccc4c3oc2=O)cc1.O=c1oc2cc(-c3ccccc3)n(-c3cccc(F)c3)c(=O)c2c(O)c1Sc1ccc(Cl)cc1. The van der Waals surface area contributed by atoms with Crippen LogP contribution < -0.4 is 54.2 Å². The summed E-state index contributed by atoms with van der Waals surface area (Å²) in [6, 6.07) is 88.9. The number of nitrogens with zero attached hydrogens (tertiary/aromatic N) is 4. The first kappa shape index (κ1) is 90.4. The Balaban J connectivity index is 0.000000124. The minimum atomic E-state index is -0.785. The van der Waals surface area contributed by atoms with E-state index in [0.29, 0.717) is 70.9 Å². The van der Waals surface area contributed by atoms with Gasteiger partial charge in [-0.2, -0.15) is 0 Å². The summed E-state index contributed by atoms with van der Waals surface area (Å²) in [5, 5.41) is 46.2. The number of para-hydroxylation sites is 5. The van der Waals surface area contributed by atoms with Crippen molar-refractivity contribution in [1.82, 2.24) is 18.3 Å². The summed E-state index contributed by atoms with van der Waals surface area (Å²) in [4.78, 5) is 109. The molecule has 0 atom stereocenters. The molecular formula is C105H73ClF2N4O18S4. The third-order valence-corrected chi connectivity index (χ3v) is 26.3. The van der Waals surface area contributed by atoms with Crippen molar-refractivity contribution in [2.45, 2.75) is 72.6 Å². The zero-order chi connectivity index (χ0) is 93.7. The lowest BCUT2D eigenvalue weighted by Crippen LogP contribution is -2.23. The molecule has 20 aromatic rings. The van der Waals surface area contributed by atoms with E-state index < -0.39 is 67.9 Å². The molecule has 0 amide bonds. The summed E-state index contributed by atoms with van der Waals surface area (Å²) >= 11 is 10.0. The molecule has 0 spiro atoms. The Hall–Kier alpha value is -15.6. The number of halogens is 3. The number of aromatic hydroxyl groups is 4. The molecule has 666 valence electrons. The number of hydrogen-bond donors (Lipinski definition) is 4. The first-order valence-electron chi connectivity index (χ1n) is 41.2. The summed E-state index contributed by atoms with van der Waals surface area (Å²) in [6.45, 7) is 4.42. The highest BCUT2D eigenvalue weighted by Gasteiger charge is 2.29. The fourth-order valence-corrected chi connectivity index (χ4v) is 19.1. The zero-order valence-corrected chi connectivity index (χ0v) is 75.1. The summed E-state index contributed by atoms with van der Waals surface area (Å²) in [5.74, 6) is -1.29. The predicted octanol–water partition coefficient (Wildman–Crippen LogP) is 22.1. The molecule has 0 aliphatic heterocycles. The van der Waals surface area contributed by atoms with E-state index in [2.05, 4.69) is 0 Å². The molecule has 12 aromatic carbocycles. The van der Waals surface area contributed by atoms with Gasteiger partial charge in [-0.25, -0.2) is 28.0 Å². The van der Waals surface area contributed by atoms with Crippen LogP contribution >= 0.6 is 58.6 Å². The van der Waals surface area contributed by atoms with Gasteiger partial charge in [-0.15, -0.1) is 0 Å². The monoisotopic (exact) mass is 1880 g/mol. The number of methoxy groups -OCH3 is 2. The van der Waals surface area contributed by atoms with E-state index in [9.17, 15) is 67.6 Å². The second kappa shape index (κ2) is 39.2. The number of aryl methyl sites for hydroxylation is 2. The fraction of sp³-hybridized carbons (Fsp3) is 0.0667. The maximum absolute atomic E-state index is 14.1. The number of ether oxygens (including phenoxy) is 2. The van der Waals surface area contributed by atoms with Crippen molar-refractivity contribution in [2.75, 3.05) is 14.2 Å². The van der Waals surface area contributed by atoms with Gasteiger partial charge >= 0.3 is 22.5 Å². The molecule has 0 unspecified atom stereocenters.